The highest BCUT2D eigenvalue weighted by molar-refractivity contribution is 5.93. The Hall–Kier alpha value is -3.06. The number of nitrogens with zero attached hydrogens (tertiary/aromatic N) is 1. The highest BCUT2D eigenvalue weighted by Gasteiger charge is 2.20. The second kappa shape index (κ2) is 10.3. The van der Waals surface area contributed by atoms with E-state index in [2.05, 4.69) is 10.6 Å². The largest absolute Gasteiger partial charge is 0.497 e. The molecule has 0 aliphatic carbocycles. The molecule has 7 nitrogen and oxygen atoms in total. The number of hydrogen-bond donors (Lipinski definition) is 2. The van der Waals surface area contributed by atoms with Crippen LogP contribution in [0.25, 0.3) is 0 Å². The minimum atomic E-state index is -0.450. The maximum absolute atomic E-state index is 12.4. The molecule has 2 N–H and O–H groups in total. The van der Waals surface area contributed by atoms with Gasteiger partial charge in [0.25, 0.3) is 0 Å². The molecule has 0 bridgehead atoms. The van der Waals surface area contributed by atoms with Gasteiger partial charge in [-0.3, -0.25) is 14.5 Å². The van der Waals surface area contributed by atoms with E-state index in [1.54, 1.807) is 57.4 Å². The monoisotopic (exact) mass is 385 g/mol. The fourth-order valence-corrected chi connectivity index (χ4v) is 2.55. The smallest absolute Gasteiger partial charge is 0.238 e. The molecule has 0 fully saturated rings. The number of carbonyl (C=O) groups excluding carboxylic acids is 2. The predicted molar refractivity (Wildman–Crippen MR) is 109 cm³/mol. The van der Waals surface area contributed by atoms with Crippen molar-refractivity contribution in [2.24, 2.45) is 0 Å². The third kappa shape index (κ3) is 6.28. The third-order valence-corrected chi connectivity index (χ3v) is 4.41. The summed E-state index contributed by atoms with van der Waals surface area (Å²) in [5.74, 6) is 1.08. The Labute approximate surface area is 165 Å². The van der Waals surface area contributed by atoms with Crippen LogP contribution >= 0.6 is 0 Å². The van der Waals surface area contributed by atoms with Gasteiger partial charge in [0, 0.05) is 18.3 Å². The molecule has 0 unspecified atom stereocenters. The van der Waals surface area contributed by atoms with Crippen molar-refractivity contribution in [2.45, 2.75) is 19.5 Å². The van der Waals surface area contributed by atoms with Gasteiger partial charge in [0.2, 0.25) is 11.8 Å². The summed E-state index contributed by atoms with van der Waals surface area (Å²) in [6, 6.07) is 14.2. The van der Waals surface area contributed by atoms with Gasteiger partial charge in [-0.25, -0.2) is 0 Å². The molecule has 0 aromatic heterocycles. The first-order valence-corrected chi connectivity index (χ1v) is 8.97. The van der Waals surface area contributed by atoms with Gasteiger partial charge in [-0.2, -0.15) is 0 Å². The normalized spacial score (nSPS) is 11.6. The fraction of sp³-hybridized carbons (Fsp3) is 0.333. The first-order valence-electron chi connectivity index (χ1n) is 8.97. The van der Waals surface area contributed by atoms with Gasteiger partial charge in [0.05, 0.1) is 26.8 Å². The van der Waals surface area contributed by atoms with E-state index >= 15 is 0 Å². The van der Waals surface area contributed by atoms with Crippen LogP contribution in [-0.2, 0) is 16.1 Å². The molecule has 150 valence electrons. The summed E-state index contributed by atoms with van der Waals surface area (Å²) in [5.41, 5.74) is 1.62. The molecule has 0 saturated heterocycles. The van der Waals surface area contributed by atoms with Gasteiger partial charge in [0.1, 0.15) is 11.5 Å². The number of amides is 2. The lowest BCUT2D eigenvalue weighted by Crippen LogP contribution is -2.45. The summed E-state index contributed by atoms with van der Waals surface area (Å²) in [7, 11) is 4.92. The lowest BCUT2D eigenvalue weighted by atomic mass is 10.2. The van der Waals surface area contributed by atoms with Gasteiger partial charge in [0.15, 0.2) is 0 Å². The summed E-state index contributed by atoms with van der Waals surface area (Å²) >= 11 is 0. The van der Waals surface area contributed by atoms with E-state index < -0.39 is 6.04 Å². The van der Waals surface area contributed by atoms with Crippen molar-refractivity contribution < 1.29 is 19.1 Å². The Balaban J connectivity index is 1.81. The van der Waals surface area contributed by atoms with Crippen LogP contribution in [0.1, 0.15) is 12.5 Å². The number of methoxy groups -OCH3 is 2. The van der Waals surface area contributed by atoms with E-state index in [-0.39, 0.29) is 18.4 Å². The van der Waals surface area contributed by atoms with Crippen LogP contribution in [0.15, 0.2) is 48.5 Å². The summed E-state index contributed by atoms with van der Waals surface area (Å²) in [6.45, 7) is 2.27. The number of ether oxygens (including phenoxy) is 2. The molecule has 0 spiro atoms. The molecule has 0 heterocycles. The van der Waals surface area contributed by atoms with E-state index in [4.69, 9.17) is 9.47 Å². The molecule has 2 aromatic rings. The van der Waals surface area contributed by atoms with Crippen LogP contribution in [0.5, 0.6) is 11.5 Å². The van der Waals surface area contributed by atoms with Crippen LogP contribution in [0, 0.1) is 0 Å². The van der Waals surface area contributed by atoms with Gasteiger partial charge in [-0.1, -0.05) is 18.2 Å². The predicted octanol–water partition coefficient (Wildman–Crippen LogP) is 2.28. The molecule has 2 amide bonds. The van der Waals surface area contributed by atoms with E-state index in [1.165, 1.54) is 0 Å². The van der Waals surface area contributed by atoms with Crippen LogP contribution in [0.3, 0.4) is 0 Å². The SMILES string of the molecule is COc1ccc(CNC(=O)[C@@H](C)N(C)CC(=O)Nc2cccc(OC)c2)cc1. The molecule has 2 rings (SSSR count). The van der Waals surface area contributed by atoms with E-state index in [9.17, 15) is 9.59 Å². The van der Waals surface area contributed by atoms with Gasteiger partial charge in [-0.15, -0.1) is 0 Å². The standard InChI is InChI=1S/C21H27N3O4/c1-15(21(26)22-13-16-8-10-18(27-3)11-9-16)24(2)14-20(25)23-17-6-5-7-19(12-17)28-4/h5-12,15H,13-14H2,1-4H3,(H,22,26)(H,23,25)/t15-/m1/s1. The van der Waals surface area contributed by atoms with Crippen LogP contribution in [0.2, 0.25) is 0 Å². The molecule has 0 radical (unpaired) electrons. The molecule has 0 aliphatic rings. The average molecular weight is 385 g/mol. The maximum atomic E-state index is 12.4. The van der Waals surface area contributed by atoms with Crippen molar-refractivity contribution in [3.8, 4) is 11.5 Å². The number of benzene rings is 2. The van der Waals surface area contributed by atoms with Gasteiger partial charge >= 0.3 is 0 Å². The Morgan fingerprint density at radius 2 is 1.71 bits per heavy atom. The molecule has 0 saturated carbocycles. The Kier molecular flexibility index (Phi) is 7.83. The molecule has 0 aliphatic heterocycles. The number of likely N-dealkylation sites (N-methyl/N-ethyl adjacent to an activating group) is 1. The minimum Gasteiger partial charge on any atom is -0.497 e. The highest BCUT2D eigenvalue weighted by Crippen LogP contribution is 2.16. The number of carbonyl (C=O) groups is 2. The molecule has 1 atom stereocenters. The van der Waals surface area contributed by atoms with Crippen molar-refractivity contribution >= 4 is 17.5 Å². The van der Waals surface area contributed by atoms with E-state index in [0.29, 0.717) is 18.0 Å². The molecule has 28 heavy (non-hydrogen) atoms. The zero-order chi connectivity index (χ0) is 20.5. The van der Waals surface area contributed by atoms with Crippen molar-refractivity contribution in [3.05, 3.63) is 54.1 Å². The van der Waals surface area contributed by atoms with Crippen LogP contribution in [0.4, 0.5) is 5.69 Å². The fourth-order valence-electron chi connectivity index (χ4n) is 2.55. The molecule has 7 heteroatoms. The topological polar surface area (TPSA) is 79.9 Å². The maximum Gasteiger partial charge on any atom is 0.238 e. The molecular weight excluding hydrogens is 358 g/mol. The van der Waals surface area contributed by atoms with Crippen LogP contribution < -0.4 is 20.1 Å². The zero-order valence-corrected chi connectivity index (χ0v) is 16.7. The van der Waals surface area contributed by atoms with Gasteiger partial charge in [-0.05, 0) is 43.8 Å². The van der Waals surface area contributed by atoms with E-state index in [0.717, 1.165) is 11.3 Å². The number of nitrogens with one attached hydrogen (secondary N) is 2. The Bertz CT molecular complexity index is 792. The summed E-state index contributed by atoms with van der Waals surface area (Å²) in [5, 5.41) is 5.69. The van der Waals surface area contributed by atoms with Crippen molar-refractivity contribution in [1.82, 2.24) is 10.2 Å². The summed E-state index contributed by atoms with van der Waals surface area (Å²) < 4.78 is 10.3. The first kappa shape index (κ1) is 21.2. The van der Waals surface area contributed by atoms with E-state index in [1.807, 2.05) is 24.3 Å². The molecule has 2 aromatic carbocycles. The zero-order valence-electron chi connectivity index (χ0n) is 16.7. The lowest BCUT2D eigenvalue weighted by molar-refractivity contribution is -0.126. The second-order valence-electron chi connectivity index (χ2n) is 6.44. The Morgan fingerprint density at radius 1 is 1.04 bits per heavy atom. The van der Waals surface area contributed by atoms with Crippen molar-refractivity contribution in [2.75, 3.05) is 33.1 Å². The van der Waals surface area contributed by atoms with Gasteiger partial charge < -0.3 is 20.1 Å². The summed E-state index contributed by atoms with van der Waals surface area (Å²) in [4.78, 5) is 26.3. The van der Waals surface area contributed by atoms with Crippen molar-refractivity contribution in [1.29, 1.82) is 0 Å². The quantitative estimate of drug-likeness (QED) is 0.692. The summed E-state index contributed by atoms with van der Waals surface area (Å²) in [6.07, 6.45) is 0. The van der Waals surface area contributed by atoms with Crippen LogP contribution in [-0.4, -0.2) is 50.6 Å². The van der Waals surface area contributed by atoms with Crippen molar-refractivity contribution in [3.63, 3.8) is 0 Å². The number of anilines is 1. The second-order valence-corrected chi connectivity index (χ2v) is 6.44. The average Bonchev–Trinajstić information content (AvgIpc) is 2.71. The third-order valence-electron chi connectivity index (χ3n) is 4.41. The number of rotatable bonds is 9. The lowest BCUT2D eigenvalue weighted by Gasteiger charge is -2.23. The number of hydrogen-bond acceptors (Lipinski definition) is 5. The minimum absolute atomic E-state index is 0.0916. The first-order chi connectivity index (χ1) is 13.4. The Morgan fingerprint density at radius 3 is 2.36 bits per heavy atom. The highest BCUT2D eigenvalue weighted by atomic mass is 16.5. The molecular formula is C21H27N3O4.